The van der Waals surface area contributed by atoms with Crippen molar-refractivity contribution in [3.63, 3.8) is 0 Å². The molecule has 0 saturated carbocycles. The average molecular weight is 417 g/mol. The summed E-state index contributed by atoms with van der Waals surface area (Å²) in [5.41, 5.74) is 1.87. The fourth-order valence-electron chi connectivity index (χ4n) is 2.34. The molecule has 0 saturated heterocycles. The molecule has 28 heavy (non-hydrogen) atoms. The third-order valence-electron chi connectivity index (χ3n) is 3.73. The van der Waals surface area contributed by atoms with Crippen molar-refractivity contribution in [3.05, 3.63) is 74.7 Å². The Morgan fingerprint density at radius 1 is 1.07 bits per heavy atom. The third kappa shape index (κ3) is 5.13. The predicted molar refractivity (Wildman–Crippen MR) is 108 cm³/mol. The average Bonchev–Trinajstić information content (AvgIpc) is 3.17. The molecule has 3 aromatic rings. The molecule has 0 aliphatic carbocycles. The van der Waals surface area contributed by atoms with Crippen molar-refractivity contribution >= 4 is 40.4 Å². The summed E-state index contributed by atoms with van der Waals surface area (Å²) in [6.45, 7) is 0.640. The van der Waals surface area contributed by atoms with E-state index >= 15 is 0 Å². The lowest BCUT2D eigenvalue weighted by Crippen LogP contribution is -2.23. The van der Waals surface area contributed by atoms with Gasteiger partial charge in [-0.2, -0.15) is 0 Å². The largest absolute Gasteiger partial charge is 0.377 e. The summed E-state index contributed by atoms with van der Waals surface area (Å²) < 4.78 is 4.96. The number of methoxy groups -OCH3 is 1. The van der Waals surface area contributed by atoms with Crippen LogP contribution >= 0.6 is 22.9 Å². The van der Waals surface area contributed by atoms with Gasteiger partial charge in [0.1, 0.15) is 5.01 Å². The number of nitrogens with one attached hydrogen (secondary N) is 2. The summed E-state index contributed by atoms with van der Waals surface area (Å²) in [6.07, 6.45) is 0. The Balaban J connectivity index is 1.57. The van der Waals surface area contributed by atoms with Crippen molar-refractivity contribution in [1.29, 1.82) is 0 Å². The number of halogens is 1. The van der Waals surface area contributed by atoms with E-state index in [4.69, 9.17) is 16.3 Å². The zero-order valence-electron chi connectivity index (χ0n) is 14.9. The molecule has 0 aliphatic rings. The highest BCUT2D eigenvalue weighted by atomic mass is 35.5. The maximum atomic E-state index is 12.3. The quantitative estimate of drug-likeness (QED) is 0.614. The number of benzene rings is 2. The van der Waals surface area contributed by atoms with Crippen LogP contribution < -0.4 is 10.6 Å². The van der Waals surface area contributed by atoms with E-state index < -0.39 is 0 Å². The summed E-state index contributed by atoms with van der Waals surface area (Å²) in [5, 5.41) is 14.7. The normalized spacial score (nSPS) is 10.5. The van der Waals surface area contributed by atoms with Crippen molar-refractivity contribution in [2.75, 3.05) is 12.4 Å². The van der Waals surface area contributed by atoms with Crippen LogP contribution in [0, 0.1) is 0 Å². The molecule has 0 unspecified atom stereocenters. The molecule has 0 spiro atoms. The highest BCUT2D eigenvalue weighted by molar-refractivity contribution is 7.13. The van der Waals surface area contributed by atoms with E-state index in [2.05, 4.69) is 20.8 Å². The van der Waals surface area contributed by atoms with Crippen molar-refractivity contribution in [2.24, 2.45) is 0 Å². The summed E-state index contributed by atoms with van der Waals surface area (Å²) in [5.74, 6) is -0.595. The molecular weight excluding hydrogens is 400 g/mol. The van der Waals surface area contributed by atoms with Crippen LogP contribution in [0.15, 0.2) is 48.5 Å². The number of ether oxygens (including phenoxy) is 1. The van der Waals surface area contributed by atoms with Gasteiger partial charge in [0.2, 0.25) is 5.01 Å². The molecule has 0 radical (unpaired) electrons. The van der Waals surface area contributed by atoms with Crippen molar-refractivity contribution in [3.8, 4) is 0 Å². The number of carbonyl (C=O) groups is 2. The first kappa shape index (κ1) is 19.9. The third-order valence-corrected chi connectivity index (χ3v) is 5.00. The molecule has 1 heterocycles. The van der Waals surface area contributed by atoms with Crippen LogP contribution in [-0.2, 0) is 17.9 Å². The van der Waals surface area contributed by atoms with E-state index in [1.165, 1.54) is 0 Å². The van der Waals surface area contributed by atoms with Crippen LogP contribution in [0.2, 0.25) is 5.02 Å². The second kappa shape index (κ2) is 9.41. The Labute approximate surface area is 170 Å². The standard InChI is InChI=1S/C19H17ClN4O3S/c1-27-11-16-23-24-19(28-16)18(26)22-14-8-6-12(7-9-14)17(25)21-10-13-4-2-3-5-15(13)20/h2-9H,10-11H2,1H3,(H,21,25)(H,22,26). The Morgan fingerprint density at radius 2 is 1.82 bits per heavy atom. The van der Waals surface area contributed by atoms with Crippen molar-refractivity contribution < 1.29 is 14.3 Å². The minimum absolute atomic E-state index is 0.230. The molecule has 0 aliphatic heterocycles. The van der Waals surface area contributed by atoms with Crippen LogP contribution in [0.3, 0.4) is 0 Å². The maximum absolute atomic E-state index is 12.3. The van der Waals surface area contributed by atoms with Crippen LogP contribution in [0.4, 0.5) is 5.69 Å². The van der Waals surface area contributed by atoms with Crippen molar-refractivity contribution in [1.82, 2.24) is 15.5 Å². The SMILES string of the molecule is COCc1nnc(C(=O)Nc2ccc(C(=O)NCc3ccccc3Cl)cc2)s1. The number of hydrogen-bond donors (Lipinski definition) is 2. The molecule has 0 bridgehead atoms. The van der Waals surface area contributed by atoms with Crippen LogP contribution in [0.5, 0.6) is 0 Å². The van der Waals surface area contributed by atoms with Gasteiger partial charge in [0.25, 0.3) is 11.8 Å². The fraction of sp³-hybridized carbons (Fsp3) is 0.158. The molecule has 2 aromatic carbocycles. The highest BCUT2D eigenvalue weighted by Crippen LogP contribution is 2.16. The first-order valence-electron chi connectivity index (χ1n) is 8.31. The van der Waals surface area contributed by atoms with Gasteiger partial charge in [0, 0.05) is 29.9 Å². The van der Waals surface area contributed by atoms with Gasteiger partial charge in [0.15, 0.2) is 0 Å². The van der Waals surface area contributed by atoms with Crippen LogP contribution in [-0.4, -0.2) is 29.1 Å². The molecule has 1 aromatic heterocycles. The Bertz CT molecular complexity index is 975. The van der Waals surface area contributed by atoms with Crippen molar-refractivity contribution in [2.45, 2.75) is 13.2 Å². The van der Waals surface area contributed by atoms with E-state index in [0.717, 1.165) is 16.9 Å². The monoisotopic (exact) mass is 416 g/mol. The van der Waals surface area contributed by atoms with Gasteiger partial charge in [-0.3, -0.25) is 9.59 Å². The van der Waals surface area contributed by atoms with Gasteiger partial charge in [-0.05, 0) is 35.9 Å². The topological polar surface area (TPSA) is 93.2 Å². The predicted octanol–water partition coefficient (Wildman–Crippen LogP) is 3.52. The summed E-state index contributed by atoms with van der Waals surface area (Å²) in [6, 6.07) is 13.9. The molecule has 9 heteroatoms. The van der Waals surface area contributed by atoms with E-state index in [9.17, 15) is 9.59 Å². The zero-order valence-corrected chi connectivity index (χ0v) is 16.5. The Kier molecular flexibility index (Phi) is 6.70. The number of hydrogen-bond acceptors (Lipinski definition) is 6. The Hall–Kier alpha value is -2.81. The lowest BCUT2D eigenvalue weighted by Gasteiger charge is -2.08. The fourth-order valence-corrected chi connectivity index (χ4v) is 3.25. The molecule has 3 rings (SSSR count). The van der Waals surface area contributed by atoms with Gasteiger partial charge in [-0.15, -0.1) is 10.2 Å². The van der Waals surface area contributed by atoms with E-state index in [-0.39, 0.29) is 16.8 Å². The van der Waals surface area contributed by atoms with Gasteiger partial charge in [-0.1, -0.05) is 41.1 Å². The van der Waals surface area contributed by atoms with E-state index in [1.807, 2.05) is 18.2 Å². The number of carbonyl (C=O) groups excluding carboxylic acids is 2. The minimum Gasteiger partial charge on any atom is -0.377 e. The van der Waals surface area contributed by atoms with E-state index in [0.29, 0.717) is 34.4 Å². The molecule has 0 fully saturated rings. The van der Waals surface area contributed by atoms with Crippen LogP contribution in [0.1, 0.15) is 30.7 Å². The minimum atomic E-state index is -0.365. The lowest BCUT2D eigenvalue weighted by molar-refractivity contribution is 0.0950. The maximum Gasteiger partial charge on any atom is 0.286 e. The lowest BCUT2D eigenvalue weighted by atomic mass is 10.1. The summed E-state index contributed by atoms with van der Waals surface area (Å²) in [7, 11) is 1.55. The van der Waals surface area contributed by atoms with Gasteiger partial charge in [0.05, 0.1) is 6.61 Å². The number of amides is 2. The molecule has 2 N–H and O–H groups in total. The number of nitrogens with zero attached hydrogens (tertiary/aromatic N) is 2. The number of aromatic nitrogens is 2. The van der Waals surface area contributed by atoms with Gasteiger partial charge in [-0.25, -0.2) is 0 Å². The summed E-state index contributed by atoms with van der Waals surface area (Å²) >= 11 is 7.25. The zero-order chi connectivity index (χ0) is 19.9. The Morgan fingerprint density at radius 3 is 2.54 bits per heavy atom. The molecule has 2 amide bonds. The molecule has 144 valence electrons. The highest BCUT2D eigenvalue weighted by Gasteiger charge is 2.13. The number of anilines is 1. The van der Waals surface area contributed by atoms with Gasteiger partial charge < -0.3 is 15.4 Å². The molecular formula is C19H17ClN4O3S. The molecule has 7 nitrogen and oxygen atoms in total. The first-order chi connectivity index (χ1) is 13.6. The van der Waals surface area contributed by atoms with Crippen LogP contribution in [0.25, 0.3) is 0 Å². The second-order valence-electron chi connectivity index (χ2n) is 5.74. The number of rotatable bonds is 7. The molecule has 0 atom stereocenters. The second-order valence-corrected chi connectivity index (χ2v) is 7.21. The first-order valence-corrected chi connectivity index (χ1v) is 9.50. The summed E-state index contributed by atoms with van der Waals surface area (Å²) in [4.78, 5) is 24.5. The van der Waals surface area contributed by atoms with E-state index in [1.54, 1.807) is 37.4 Å². The van der Waals surface area contributed by atoms with Gasteiger partial charge >= 0.3 is 0 Å². The smallest absolute Gasteiger partial charge is 0.286 e.